The third-order valence-electron chi connectivity index (χ3n) is 22.1. The van der Waals surface area contributed by atoms with E-state index in [1.54, 1.807) is 85.3 Å². The van der Waals surface area contributed by atoms with Gasteiger partial charge in [0, 0.05) is 142 Å². The van der Waals surface area contributed by atoms with E-state index in [-0.39, 0.29) is 133 Å². The first-order valence-electron chi connectivity index (χ1n) is 39.9. The van der Waals surface area contributed by atoms with Crippen molar-refractivity contribution in [1.29, 1.82) is 10.8 Å². The Kier molecular flexibility index (Phi) is 29.7. The van der Waals surface area contributed by atoms with Gasteiger partial charge in [-0.15, -0.1) is 0 Å². The van der Waals surface area contributed by atoms with E-state index in [1.807, 2.05) is 42.5 Å². The van der Waals surface area contributed by atoms with Gasteiger partial charge in [0.2, 0.25) is 53.2 Å². The number of benzene rings is 4. The van der Waals surface area contributed by atoms with Crippen LogP contribution in [0.15, 0.2) is 147 Å². The zero-order valence-electron chi connectivity index (χ0n) is 65.2. The number of nitrogens with one attached hydrogen (secondary N) is 15. The lowest BCUT2D eigenvalue weighted by Gasteiger charge is -2.31. The van der Waals surface area contributed by atoms with Gasteiger partial charge in [-0.2, -0.15) is 0 Å². The van der Waals surface area contributed by atoms with Crippen molar-refractivity contribution in [2.75, 3.05) is 37.7 Å². The normalized spacial score (nSPS) is 24.3. The van der Waals surface area contributed by atoms with Crippen LogP contribution in [0.3, 0.4) is 0 Å². The highest BCUT2D eigenvalue weighted by molar-refractivity contribution is 8.76. The number of carbonyl (C=O) groups excluding carboxylic acids is 12. The molecule has 4 saturated heterocycles. The zero-order valence-corrected chi connectivity index (χ0v) is 66.8. The number of guanidine groups is 2. The van der Waals surface area contributed by atoms with Gasteiger partial charge >= 0.3 is 0 Å². The summed E-state index contributed by atoms with van der Waals surface area (Å²) in [6, 6.07) is 19.7. The molecule has 622 valence electrons. The summed E-state index contributed by atoms with van der Waals surface area (Å²) in [6.45, 7) is 0.218. The number of para-hydroxylation sites is 2. The maximum Gasteiger partial charge on any atom is 0.246 e. The van der Waals surface area contributed by atoms with E-state index in [1.165, 1.54) is 28.7 Å². The monoisotopic (exact) mass is 1650 g/mol. The van der Waals surface area contributed by atoms with E-state index in [2.05, 4.69) is 77.8 Å². The van der Waals surface area contributed by atoms with Crippen LogP contribution in [0.1, 0.15) is 104 Å². The lowest BCUT2D eigenvalue weighted by molar-refractivity contribution is -0.143. The Hall–Kier alpha value is -12.1. The van der Waals surface area contributed by atoms with Crippen molar-refractivity contribution in [2.24, 2.45) is 29.2 Å². The number of fused-ring (bicyclic) bond motifs is 9. The van der Waals surface area contributed by atoms with Crippen molar-refractivity contribution in [2.45, 2.75) is 164 Å². The summed E-state index contributed by atoms with van der Waals surface area (Å²) in [5.41, 5.74) is 16.0. The van der Waals surface area contributed by atoms with Crippen molar-refractivity contribution in [3.63, 3.8) is 0 Å². The van der Waals surface area contributed by atoms with Crippen LogP contribution in [-0.4, -0.2) is 214 Å². The summed E-state index contributed by atoms with van der Waals surface area (Å²) in [6.07, 6.45) is 8.09. The van der Waals surface area contributed by atoms with Crippen LogP contribution in [0.25, 0.3) is 21.8 Å². The van der Waals surface area contributed by atoms with Gasteiger partial charge in [0.15, 0.2) is 23.5 Å². The molecule has 2 bridgehead atoms. The molecular formula is C83H101N21O12S2. The third-order valence-corrected chi connectivity index (χ3v) is 24.6. The van der Waals surface area contributed by atoms with Gasteiger partial charge in [-0.3, -0.25) is 68.4 Å². The fourth-order valence-electron chi connectivity index (χ4n) is 15.9. The molecule has 8 heterocycles. The van der Waals surface area contributed by atoms with Crippen LogP contribution in [0.5, 0.6) is 0 Å². The summed E-state index contributed by atoms with van der Waals surface area (Å²) in [7, 11) is 2.16. The minimum absolute atomic E-state index is 0.0136. The number of nitrogens with two attached hydrogens (primary N) is 2. The molecule has 4 aliphatic rings. The highest BCUT2D eigenvalue weighted by Gasteiger charge is 2.44. The summed E-state index contributed by atoms with van der Waals surface area (Å²) < 4.78 is 0. The molecule has 4 fully saturated rings. The van der Waals surface area contributed by atoms with Crippen LogP contribution < -0.4 is 59.3 Å². The molecule has 9 amide bonds. The molecule has 12 rings (SSSR count). The molecule has 0 spiro atoms. The van der Waals surface area contributed by atoms with Gasteiger partial charge in [-0.1, -0.05) is 119 Å². The molecule has 19 N–H and O–H groups in total. The Morgan fingerprint density at radius 3 is 1.47 bits per heavy atom. The van der Waals surface area contributed by atoms with Crippen LogP contribution in [0, 0.1) is 28.6 Å². The molecule has 4 aliphatic heterocycles. The topological polar surface area (TPSA) is 508 Å². The molecule has 0 saturated carbocycles. The lowest BCUT2D eigenvalue weighted by Crippen LogP contribution is -2.61. The number of ketones is 3. The number of rotatable bonds is 20. The zero-order chi connectivity index (χ0) is 83.2. The largest absolute Gasteiger partial charge is 0.370 e. The average Bonchev–Trinajstić information content (AvgIpc) is 1.67. The fourth-order valence-corrected chi connectivity index (χ4v) is 18.4. The third kappa shape index (κ3) is 22.9. The molecule has 0 unspecified atom stereocenters. The number of hydrogen-bond donors (Lipinski definition) is 17. The highest BCUT2D eigenvalue weighted by Crippen LogP contribution is 2.34. The second-order valence-electron chi connectivity index (χ2n) is 30.5. The molecule has 4 aromatic heterocycles. The molecule has 12 atom stereocenters. The van der Waals surface area contributed by atoms with E-state index < -0.39 is 162 Å². The maximum absolute atomic E-state index is 16.1. The van der Waals surface area contributed by atoms with E-state index in [4.69, 9.17) is 22.3 Å². The summed E-state index contributed by atoms with van der Waals surface area (Å²) in [5.74, 6) is -13.4. The highest BCUT2D eigenvalue weighted by atomic mass is 33.1. The number of nitrogens with zero attached hydrogens (tertiary/aromatic N) is 4. The molecule has 0 radical (unpaired) electrons. The number of aromatic nitrogens is 6. The number of hydrogen-bond acceptors (Lipinski definition) is 18. The Balaban J connectivity index is 0.979. The van der Waals surface area contributed by atoms with Crippen molar-refractivity contribution >= 4 is 126 Å². The number of aromatic amines is 4. The second-order valence-corrected chi connectivity index (χ2v) is 33.0. The number of Topliss-reactive ketones (excluding diaryl/α,β-unsaturated/α-hetero) is 3. The number of imidazole rings is 2. The van der Waals surface area contributed by atoms with Crippen LogP contribution in [0.2, 0.25) is 0 Å². The van der Waals surface area contributed by atoms with Crippen molar-refractivity contribution in [1.82, 2.24) is 87.6 Å². The van der Waals surface area contributed by atoms with E-state index in [9.17, 15) is 0 Å². The maximum atomic E-state index is 16.1. The van der Waals surface area contributed by atoms with Crippen LogP contribution >= 0.6 is 21.6 Å². The van der Waals surface area contributed by atoms with Crippen LogP contribution in [-0.2, 0) is 96.1 Å². The first kappa shape index (κ1) is 85.2. The van der Waals surface area contributed by atoms with Gasteiger partial charge in [0.25, 0.3) is 0 Å². The number of H-pyrrole nitrogens is 4. The Morgan fingerprint density at radius 2 is 0.890 bits per heavy atom. The second kappa shape index (κ2) is 41.1. The Bertz CT molecular complexity index is 4590. The SMILES string of the molecule is N=C(N)NCCC[C@@H]1NC(=O)[C@@H](Cc2ccccc2)NC(=O)[C@H](Cc2c[nH]cn2)NC(=O)[C@H]2CCCN2C(=O)[C@@H]2CSSC[C@H](CC(=O)[C@H](Cc3c[nH]c4ccccc34)CC1=O)C(=O)N1CCC[C@@H]1C(=O)C[C@@H](Cc1c[nH]cn1)C(=O)N[C@H](Cc1ccccc1)C(=O)N[C@@H](CCCNC(=N)N)C(=O)N[C@@H](Cc1c[nH]c3ccccc13)C(=O)N2. The van der Waals surface area contributed by atoms with E-state index >= 15 is 57.5 Å². The van der Waals surface area contributed by atoms with Gasteiger partial charge in [0.05, 0.1) is 48.0 Å². The minimum atomic E-state index is -1.54. The number of amides is 9. The first-order chi connectivity index (χ1) is 57.1. The van der Waals surface area contributed by atoms with E-state index in [0.717, 1.165) is 32.5 Å². The van der Waals surface area contributed by atoms with Crippen molar-refractivity contribution in [3.8, 4) is 0 Å². The number of carbonyl (C=O) groups is 12. The smallest absolute Gasteiger partial charge is 0.246 e. The quantitative estimate of drug-likeness (QED) is 0.0226. The Labute approximate surface area is 688 Å². The summed E-state index contributed by atoms with van der Waals surface area (Å²) in [5, 5.41) is 43.1. The minimum Gasteiger partial charge on any atom is -0.370 e. The predicted octanol–water partition coefficient (Wildman–Crippen LogP) is 2.89. The van der Waals surface area contributed by atoms with Gasteiger partial charge in [-0.05, 0) is 92.2 Å². The van der Waals surface area contributed by atoms with Gasteiger partial charge < -0.3 is 89.1 Å². The molecule has 35 heteroatoms. The van der Waals surface area contributed by atoms with Crippen molar-refractivity contribution in [3.05, 3.63) is 180 Å². The standard InChI is InChI=1S/C83H101N21O12S2/c84-82(85)90-27-11-23-61-71(106)36-50(33-52-40-92-59-21-9-7-19-57(52)59)70(105)38-54-44-117-118-45-67(81(116)104-30-14-26-69(104)79(114)101-66(39-56-43-89-47-95-56)78(113)99-64(75(110)96-61)32-49-17-5-2-6-18-49)102-77(112)65(35-53-41-93-60-22-10-8-20-58(53)60)100-74(109)62(24-12-28-91-83(86)87)97-76(111)63(31-48-15-3-1-4-16-48)98-73(108)51(34-55-42-88-46-94-55)37-72(107)68-25-13-29-103(68)80(54)115/h1-10,15-22,40-43,46-47,50-51,54,61-69,92-93H,11-14,23-39,44-45H2,(H,88,94)(H,89,95)(H,96,110)(H,97,111)(H,98,108)(H,99,113)(H,100,109)(H,101,114)(H,102,112)(H4,84,85,90)(H4,86,87,91)/t50-,51-,54+,61+,62+,63-,64-,65+,66+,67+,68-,69-/m1/s1. The van der Waals surface area contributed by atoms with E-state index in [0.29, 0.717) is 51.0 Å². The lowest BCUT2D eigenvalue weighted by atomic mass is 9.84. The first-order valence-corrected chi connectivity index (χ1v) is 42.4. The summed E-state index contributed by atoms with van der Waals surface area (Å²) in [4.78, 5) is 211. The van der Waals surface area contributed by atoms with Gasteiger partial charge in [0.1, 0.15) is 48.1 Å². The molecule has 4 aromatic carbocycles. The predicted molar refractivity (Wildman–Crippen MR) is 444 cm³/mol. The fraction of sp³-hybridized carbons (Fsp3) is 0.422. The van der Waals surface area contributed by atoms with Gasteiger partial charge in [-0.25, -0.2) is 9.97 Å². The molecule has 0 aliphatic carbocycles. The summed E-state index contributed by atoms with van der Waals surface area (Å²) >= 11 is 0. The molecular weight excluding hydrogens is 1550 g/mol. The average molecular weight is 1650 g/mol. The van der Waals surface area contributed by atoms with Crippen molar-refractivity contribution < 1.29 is 57.5 Å². The molecule has 118 heavy (non-hydrogen) atoms. The molecule has 33 nitrogen and oxygen atoms in total. The molecule has 8 aromatic rings. The van der Waals surface area contributed by atoms with Crippen LogP contribution in [0.4, 0.5) is 0 Å². The Morgan fingerprint density at radius 1 is 0.432 bits per heavy atom.